The van der Waals surface area contributed by atoms with Crippen LogP contribution in [0.2, 0.25) is 0 Å². The summed E-state index contributed by atoms with van der Waals surface area (Å²) < 4.78 is 5.56. The van der Waals surface area contributed by atoms with Crippen LogP contribution in [0, 0.1) is 0 Å². The van der Waals surface area contributed by atoms with E-state index < -0.39 is 0 Å². The van der Waals surface area contributed by atoms with Crippen molar-refractivity contribution in [2.45, 2.75) is 25.7 Å². The van der Waals surface area contributed by atoms with Gasteiger partial charge in [-0.25, -0.2) is 0 Å². The van der Waals surface area contributed by atoms with Crippen LogP contribution in [0.15, 0.2) is 48.5 Å². The number of anilines is 1. The third-order valence-corrected chi connectivity index (χ3v) is 4.19. The largest absolute Gasteiger partial charge is 0.494 e. The number of aldehydes is 1. The van der Waals surface area contributed by atoms with Gasteiger partial charge in [0.05, 0.1) is 6.61 Å². The second-order valence-corrected chi connectivity index (χ2v) is 5.87. The molecule has 124 valence electrons. The number of hydrogen-bond donors (Lipinski definition) is 0. The van der Waals surface area contributed by atoms with Crippen LogP contribution in [-0.4, -0.2) is 25.3 Å². The van der Waals surface area contributed by atoms with Gasteiger partial charge in [0.1, 0.15) is 12.0 Å². The van der Waals surface area contributed by atoms with E-state index in [1.807, 2.05) is 35.2 Å². The Morgan fingerprint density at radius 3 is 2.71 bits per heavy atom. The SMILES string of the molecule is O=CCCCOc1ccc(C(=O)N2CCCc3ccccc32)cc1. The second kappa shape index (κ2) is 7.77. The summed E-state index contributed by atoms with van der Waals surface area (Å²) in [5.41, 5.74) is 2.90. The van der Waals surface area contributed by atoms with E-state index in [2.05, 4.69) is 6.07 Å². The molecule has 1 aliphatic rings. The molecule has 0 saturated carbocycles. The molecule has 3 rings (SSSR count). The Bertz CT molecular complexity index is 709. The Labute approximate surface area is 142 Å². The van der Waals surface area contributed by atoms with Crippen LogP contribution in [-0.2, 0) is 11.2 Å². The highest BCUT2D eigenvalue weighted by Gasteiger charge is 2.23. The molecule has 4 heteroatoms. The zero-order chi connectivity index (χ0) is 16.8. The monoisotopic (exact) mass is 323 g/mol. The summed E-state index contributed by atoms with van der Waals surface area (Å²) in [5, 5.41) is 0. The number of para-hydroxylation sites is 1. The molecule has 0 bridgehead atoms. The molecule has 1 aliphatic heterocycles. The first-order valence-corrected chi connectivity index (χ1v) is 8.36. The molecular weight excluding hydrogens is 302 g/mol. The fraction of sp³-hybridized carbons (Fsp3) is 0.300. The lowest BCUT2D eigenvalue weighted by Gasteiger charge is -2.29. The molecule has 24 heavy (non-hydrogen) atoms. The van der Waals surface area contributed by atoms with Crippen molar-refractivity contribution in [1.29, 1.82) is 0 Å². The standard InChI is InChI=1S/C20H21NO3/c22-14-3-4-15-24-18-11-9-17(10-12-18)20(23)21-13-5-7-16-6-1-2-8-19(16)21/h1-2,6,8-12,14H,3-5,7,13,15H2. The van der Waals surface area contributed by atoms with Crippen LogP contribution in [0.3, 0.4) is 0 Å². The topological polar surface area (TPSA) is 46.6 Å². The number of carbonyl (C=O) groups excluding carboxylic acids is 2. The maximum Gasteiger partial charge on any atom is 0.258 e. The molecule has 0 radical (unpaired) electrons. The highest BCUT2D eigenvalue weighted by molar-refractivity contribution is 6.06. The Balaban J connectivity index is 1.69. The number of carbonyl (C=O) groups is 2. The number of rotatable bonds is 6. The summed E-state index contributed by atoms with van der Waals surface area (Å²) in [6, 6.07) is 15.3. The molecule has 0 spiro atoms. The summed E-state index contributed by atoms with van der Waals surface area (Å²) in [4.78, 5) is 25.0. The van der Waals surface area contributed by atoms with Gasteiger partial charge in [-0.3, -0.25) is 4.79 Å². The summed E-state index contributed by atoms with van der Waals surface area (Å²) in [7, 11) is 0. The molecular formula is C20H21NO3. The first kappa shape index (κ1) is 16.2. The Kier molecular flexibility index (Phi) is 5.26. The normalized spacial score (nSPS) is 13.2. The Morgan fingerprint density at radius 1 is 1.12 bits per heavy atom. The van der Waals surface area contributed by atoms with Gasteiger partial charge in [0, 0.05) is 24.2 Å². The van der Waals surface area contributed by atoms with Crippen LogP contribution >= 0.6 is 0 Å². The van der Waals surface area contributed by atoms with Crippen LogP contribution in [0.4, 0.5) is 5.69 Å². The smallest absolute Gasteiger partial charge is 0.258 e. The maximum atomic E-state index is 12.8. The van der Waals surface area contributed by atoms with Gasteiger partial charge in [-0.15, -0.1) is 0 Å². The van der Waals surface area contributed by atoms with Crippen molar-refractivity contribution in [3.05, 3.63) is 59.7 Å². The lowest BCUT2D eigenvalue weighted by atomic mass is 10.0. The summed E-state index contributed by atoms with van der Waals surface area (Å²) in [6.07, 6.45) is 4.11. The highest BCUT2D eigenvalue weighted by atomic mass is 16.5. The van der Waals surface area contributed by atoms with Crippen LogP contribution in [0.1, 0.15) is 35.2 Å². The molecule has 0 aliphatic carbocycles. The van der Waals surface area contributed by atoms with Gasteiger partial charge in [0.15, 0.2) is 0 Å². The van der Waals surface area contributed by atoms with Crippen LogP contribution in [0.5, 0.6) is 5.75 Å². The van der Waals surface area contributed by atoms with Crippen molar-refractivity contribution in [2.24, 2.45) is 0 Å². The van der Waals surface area contributed by atoms with E-state index in [1.54, 1.807) is 12.1 Å². The lowest BCUT2D eigenvalue weighted by Crippen LogP contribution is -2.35. The van der Waals surface area contributed by atoms with Gasteiger partial charge in [-0.1, -0.05) is 18.2 Å². The van der Waals surface area contributed by atoms with Gasteiger partial charge >= 0.3 is 0 Å². The fourth-order valence-corrected chi connectivity index (χ4v) is 2.95. The van der Waals surface area contributed by atoms with Crippen molar-refractivity contribution >= 4 is 17.9 Å². The first-order valence-electron chi connectivity index (χ1n) is 8.36. The summed E-state index contributed by atoms with van der Waals surface area (Å²) >= 11 is 0. The fourth-order valence-electron chi connectivity index (χ4n) is 2.95. The van der Waals surface area contributed by atoms with Crippen molar-refractivity contribution in [2.75, 3.05) is 18.1 Å². The van der Waals surface area contributed by atoms with E-state index in [4.69, 9.17) is 4.74 Å². The molecule has 1 amide bonds. The van der Waals surface area contributed by atoms with Gasteiger partial charge in [-0.05, 0) is 55.2 Å². The van der Waals surface area contributed by atoms with Gasteiger partial charge in [0.2, 0.25) is 0 Å². The minimum absolute atomic E-state index is 0.0228. The third-order valence-electron chi connectivity index (χ3n) is 4.19. The molecule has 0 fully saturated rings. The van der Waals surface area contributed by atoms with Crippen molar-refractivity contribution in [1.82, 2.24) is 0 Å². The van der Waals surface area contributed by atoms with E-state index in [0.717, 1.165) is 37.1 Å². The predicted molar refractivity (Wildman–Crippen MR) is 93.7 cm³/mol. The van der Waals surface area contributed by atoms with Gasteiger partial charge in [0.25, 0.3) is 5.91 Å². The number of benzene rings is 2. The number of amides is 1. The summed E-state index contributed by atoms with van der Waals surface area (Å²) in [6.45, 7) is 1.26. The molecule has 2 aromatic rings. The van der Waals surface area contributed by atoms with E-state index in [0.29, 0.717) is 25.0 Å². The average molecular weight is 323 g/mol. The van der Waals surface area contributed by atoms with E-state index in [9.17, 15) is 9.59 Å². The Hall–Kier alpha value is -2.62. The molecule has 0 N–H and O–H groups in total. The quantitative estimate of drug-likeness (QED) is 0.602. The third kappa shape index (κ3) is 3.65. The van der Waals surface area contributed by atoms with E-state index in [-0.39, 0.29) is 5.91 Å². The molecule has 0 aromatic heterocycles. The molecule has 0 unspecified atom stereocenters. The molecule has 2 aromatic carbocycles. The van der Waals surface area contributed by atoms with Crippen molar-refractivity contribution < 1.29 is 14.3 Å². The Morgan fingerprint density at radius 2 is 1.92 bits per heavy atom. The molecule has 1 heterocycles. The highest BCUT2D eigenvalue weighted by Crippen LogP contribution is 2.28. The van der Waals surface area contributed by atoms with Gasteiger partial charge < -0.3 is 14.4 Å². The number of aryl methyl sites for hydroxylation is 1. The molecule has 0 saturated heterocycles. The lowest BCUT2D eigenvalue weighted by molar-refractivity contribution is -0.108. The number of nitrogens with zero attached hydrogens (tertiary/aromatic N) is 1. The molecule has 4 nitrogen and oxygen atoms in total. The predicted octanol–water partition coefficient (Wildman–Crippen LogP) is 3.64. The van der Waals surface area contributed by atoms with E-state index >= 15 is 0 Å². The maximum absolute atomic E-state index is 12.8. The number of unbranched alkanes of at least 4 members (excludes halogenated alkanes) is 1. The first-order chi connectivity index (χ1) is 11.8. The average Bonchev–Trinajstić information content (AvgIpc) is 2.65. The number of hydrogen-bond acceptors (Lipinski definition) is 3. The zero-order valence-electron chi connectivity index (χ0n) is 13.6. The minimum Gasteiger partial charge on any atom is -0.494 e. The van der Waals surface area contributed by atoms with Crippen LogP contribution < -0.4 is 9.64 Å². The minimum atomic E-state index is 0.0228. The van der Waals surface area contributed by atoms with Gasteiger partial charge in [-0.2, -0.15) is 0 Å². The number of fused-ring (bicyclic) bond motifs is 1. The van der Waals surface area contributed by atoms with Crippen molar-refractivity contribution in [3.8, 4) is 5.75 Å². The van der Waals surface area contributed by atoms with E-state index in [1.165, 1.54) is 5.56 Å². The van der Waals surface area contributed by atoms with Crippen LogP contribution in [0.25, 0.3) is 0 Å². The summed E-state index contributed by atoms with van der Waals surface area (Å²) in [5.74, 6) is 0.742. The second-order valence-electron chi connectivity index (χ2n) is 5.87. The molecule has 0 atom stereocenters. The zero-order valence-corrected chi connectivity index (χ0v) is 13.6. The van der Waals surface area contributed by atoms with Crippen molar-refractivity contribution in [3.63, 3.8) is 0 Å². The number of ether oxygens (including phenoxy) is 1.